The maximum Gasteiger partial charge on any atom is 0.0300 e. The van der Waals surface area contributed by atoms with E-state index in [0.717, 1.165) is 32.6 Å². The van der Waals surface area contributed by atoms with Gasteiger partial charge in [0, 0.05) is 25.5 Å². The third-order valence-electron chi connectivity index (χ3n) is 3.18. The van der Waals surface area contributed by atoms with E-state index in [4.69, 9.17) is 5.73 Å². The maximum absolute atomic E-state index is 5.82. The molecule has 0 amide bonds. The first-order valence-electron chi connectivity index (χ1n) is 6.89. The summed E-state index contributed by atoms with van der Waals surface area (Å²) in [5, 5.41) is 0. The lowest BCUT2D eigenvalue weighted by Gasteiger charge is -2.31. The highest BCUT2D eigenvalue weighted by atomic mass is 15.1. The Labute approximate surface area is 111 Å². The molecule has 3 nitrogen and oxygen atoms in total. The first kappa shape index (κ1) is 15.1. The van der Waals surface area contributed by atoms with Crippen molar-refractivity contribution in [3.8, 4) is 0 Å². The minimum atomic E-state index is 0.199. The van der Waals surface area contributed by atoms with E-state index in [-0.39, 0.29) is 5.41 Å². The molecule has 0 spiro atoms. The minimum absolute atomic E-state index is 0.199. The second kappa shape index (κ2) is 7.49. The molecule has 0 aliphatic carbocycles. The molecule has 0 fully saturated rings. The number of hydrogen-bond acceptors (Lipinski definition) is 3. The van der Waals surface area contributed by atoms with Crippen LogP contribution in [-0.2, 0) is 6.42 Å². The first-order chi connectivity index (χ1) is 8.57. The van der Waals surface area contributed by atoms with E-state index in [9.17, 15) is 0 Å². The van der Waals surface area contributed by atoms with Gasteiger partial charge < -0.3 is 10.6 Å². The number of hydrogen-bond donors (Lipinski definition) is 1. The van der Waals surface area contributed by atoms with Gasteiger partial charge in [-0.2, -0.15) is 0 Å². The quantitative estimate of drug-likeness (QED) is 0.769. The van der Waals surface area contributed by atoms with Crippen molar-refractivity contribution in [1.29, 1.82) is 0 Å². The molecule has 0 radical (unpaired) electrons. The molecule has 0 saturated carbocycles. The number of nitrogens with zero attached hydrogens (tertiary/aromatic N) is 2. The van der Waals surface area contributed by atoms with Crippen LogP contribution < -0.4 is 5.73 Å². The van der Waals surface area contributed by atoms with Crippen LogP contribution in [0.1, 0.15) is 32.8 Å². The SMILES string of the molecule is CCCN(CCc1cccnc1)CC(C)(C)CN. The maximum atomic E-state index is 5.82. The molecule has 102 valence electrons. The zero-order valence-electron chi connectivity index (χ0n) is 12.0. The molecule has 3 heteroatoms. The summed E-state index contributed by atoms with van der Waals surface area (Å²) in [6.07, 6.45) is 6.03. The highest BCUT2D eigenvalue weighted by Gasteiger charge is 2.19. The van der Waals surface area contributed by atoms with Gasteiger partial charge in [-0.05, 0) is 43.0 Å². The molecule has 0 aromatic carbocycles. The van der Waals surface area contributed by atoms with Crippen molar-refractivity contribution in [3.05, 3.63) is 30.1 Å². The lowest BCUT2D eigenvalue weighted by atomic mass is 9.93. The number of nitrogens with two attached hydrogens (primary N) is 1. The smallest absolute Gasteiger partial charge is 0.0300 e. The van der Waals surface area contributed by atoms with Crippen molar-refractivity contribution >= 4 is 0 Å². The van der Waals surface area contributed by atoms with Crippen LogP contribution in [0.5, 0.6) is 0 Å². The summed E-state index contributed by atoms with van der Waals surface area (Å²) in [4.78, 5) is 6.67. The Morgan fingerprint density at radius 3 is 2.67 bits per heavy atom. The van der Waals surface area contributed by atoms with Crippen LogP contribution >= 0.6 is 0 Å². The van der Waals surface area contributed by atoms with Gasteiger partial charge in [0.25, 0.3) is 0 Å². The number of pyridine rings is 1. The van der Waals surface area contributed by atoms with Crippen molar-refractivity contribution in [1.82, 2.24) is 9.88 Å². The highest BCUT2D eigenvalue weighted by Crippen LogP contribution is 2.15. The molecular weight excluding hydrogens is 222 g/mol. The Morgan fingerprint density at radius 2 is 2.11 bits per heavy atom. The predicted molar refractivity (Wildman–Crippen MR) is 77.5 cm³/mol. The van der Waals surface area contributed by atoms with Gasteiger partial charge in [-0.1, -0.05) is 26.8 Å². The molecule has 0 aliphatic rings. The van der Waals surface area contributed by atoms with Gasteiger partial charge in [-0.3, -0.25) is 4.98 Å². The van der Waals surface area contributed by atoms with Crippen molar-refractivity contribution in [2.24, 2.45) is 11.1 Å². The molecule has 18 heavy (non-hydrogen) atoms. The average molecular weight is 249 g/mol. The summed E-state index contributed by atoms with van der Waals surface area (Å²) < 4.78 is 0. The fourth-order valence-electron chi connectivity index (χ4n) is 2.09. The minimum Gasteiger partial charge on any atom is -0.330 e. The van der Waals surface area contributed by atoms with Crippen LogP contribution in [0.25, 0.3) is 0 Å². The van der Waals surface area contributed by atoms with E-state index in [1.165, 1.54) is 12.0 Å². The lowest BCUT2D eigenvalue weighted by Crippen LogP contribution is -2.40. The Balaban J connectivity index is 2.48. The van der Waals surface area contributed by atoms with E-state index in [1.807, 2.05) is 18.5 Å². The fourth-order valence-corrected chi connectivity index (χ4v) is 2.09. The molecule has 2 N–H and O–H groups in total. The van der Waals surface area contributed by atoms with Crippen molar-refractivity contribution in [2.75, 3.05) is 26.2 Å². The van der Waals surface area contributed by atoms with Gasteiger partial charge in [-0.25, -0.2) is 0 Å². The van der Waals surface area contributed by atoms with Gasteiger partial charge in [0.2, 0.25) is 0 Å². The molecule has 1 aromatic heterocycles. The summed E-state index contributed by atoms with van der Waals surface area (Å²) in [5.74, 6) is 0. The summed E-state index contributed by atoms with van der Waals surface area (Å²) in [5.41, 5.74) is 7.33. The van der Waals surface area contributed by atoms with Crippen LogP contribution in [0, 0.1) is 5.41 Å². The molecule has 1 heterocycles. The van der Waals surface area contributed by atoms with E-state index in [0.29, 0.717) is 0 Å². The van der Waals surface area contributed by atoms with Gasteiger partial charge in [0.15, 0.2) is 0 Å². The first-order valence-corrected chi connectivity index (χ1v) is 6.89. The largest absolute Gasteiger partial charge is 0.330 e. The van der Waals surface area contributed by atoms with Gasteiger partial charge in [0.05, 0.1) is 0 Å². The molecule has 0 unspecified atom stereocenters. The van der Waals surface area contributed by atoms with Gasteiger partial charge in [-0.15, -0.1) is 0 Å². The Bertz CT molecular complexity index is 322. The highest BCUT2D eigenvalue weighted by molar-refractivity contribution is 5.08. The molecule has 0 atom stereocenters. The Kier molecular flexibility index (Phi) is 6.30. The van der Waals surface area contributed by atoms with Gasteiger partial charge >= 0.3 is 0 Å². The normalized spacial score (nSPS) is 12.1. The molecule has 0 saturated heterocycles. The van der Waals surface area contributed by atoms with Crippen LogP contribution in [0.2, 0.25) is 0 Å². The van der Waals surface area contributed by atoms with E-state index >= 15 is 0 Å². The standard InChI is InChI=1S/C15H27N3/c1-4-9-18(13-15(2,3)12-16)10-7-14-6-5-8-17-11-14/h5-6,8,11H,4,7,9-10,12-13,16H2,1-3H3. The molecule has 1 rings (SSSR count). The van der Waals surface area contributed by atoms with Crippen LogP contribution in [0.4, 0.5) is 0 Å². The number of aromatic nitrogens is 1. The van der Waals surface area contributed by atoms with E-state index in [2.05, 4.69) is 36.7 Å². The van der Waals surface area contributed by atoms with Crippen LogP contribution in [0.3, 0.4) is 0 Å². The summed E-state index contributed by atoms with van der Waals surface area (Å²) in [6, 6.07) is 4.15. The molecule has 0 bridgehead atoms. The third-order valence-corrected chi connectivity index (χ3v) is 3.18. The number of rotatable bonds is 8. The van der Waals surface area contributed by atoms with E-state index in [1.54, 1.807) is 0 Å². The monoisotopic (exact) mass is 249 g/mol. The summed E-state index contributed by atoms with van der Waals surface area (Å²) >= 11 is 0. The Morgan fingerprint density at radius 1 is 1.33 bits per heavy atom. The molecule has 1 aromatic rings. The Hall–Kier alpha value is -0.930. The fraction of sp³-hybridized carbons (Fsp3) is 0.667. The molecule has 0 aliphatic heterocycles. The van der Waals surface area contributed by atoms with Gasteiger partial charge in [0.1, 0.15) is 0 Å². The van der Waals surface area contributed by atoms with E-state index < -0.39 is 0 Å². The van der Waals surface area contributed by atoms with Crippen LogP contribution in [0.15, 0.2) is 24.5 Å². The third kappa shape index (κ3) is 5.61. The zero-order chi connectivity index (χ0) is 13.4. The predicted octanol–water partition coefficient (Wildman–Crippen LogP) is 2.32. The topological polar surface area (TPSA) is 42.2 Å². The molecular formula is C15H27N3. The average Bonchev–Trinajstić information content (AvgIpc) is 2.37. The summed E-state index contributed by atoms with van der Waals surface area (Å²) in [7, 11) is 0. The van der Waals surface area contributed by atoms with Crippen molar-refractivity contribution < 1.29 is 0 Å². The second-order valence-corrected chi connectivity index (χ2v) is 5.76. The lowest BCUT2D eigenvalue weighted by molar-refractivity contribution is 0.184. The second-order valence-electron chi connectivity index (χ2n) is 5.76. The van der Waals surface area contributed by atoms with Crippen molar-refractivity contribution in [2.45, 2.75) is 33.6 Å². The zero-order valence-corrected chi connectivity index (χ0v) is 12.0. The van der Waals surface area contributed by atoms with Crippen molar-refractivity contribution in [3.63, 3.8) is 0 Å². The summed E-state index contributed by atoms with van der Waals surface area (Å²) in [6.45, 7) is 10.7. The van der Waals surface area contributed by atoms with Crippen LogP contribution in [-0.4, -0.2) is 36.1 Å².